The molecule has 2 atom stereocenters. The van der Waals surface area contributed by atoms with Crippen molar-refractivity contribution in [1.82, 2.24) is 9.80 Å². The number of carbonyl (C=O) groups excluding carboxylic acids is 1. The summed E-state index contributed by atoms with van der Waals surface area (Å²) >= 11 is 0. The molecule has 31 heavy (non-hydrogen) atoms. The highest BCUT2D eigenvalue weighted by Gasteiger charge is 2.23. The van der Waals surface area contributed by atoms with Crippen LogP contribution in [0, 0.1) is 0 Å². The molecule has 0 aromatic heterocycles. The van der Waals surface area contributed by atoms with Crippen LogP contribution in [0.3, 0.4) is 0 Å². The molecule has 0 spiro atoms. The van der Waals surface area contributed by atoms with E-state index in [4.69, 9.17) is 4.74 Å². The van der Waals surface area contributed by atoms with Gasteiger partial charge < -0.3 is 9.64 Å². The number of likely N-dealkylation sites (tertiary alicyclic amines) is 2. The third-order valence-electron chi connectivity index (χ3n) is 6.92. The van der Waals surface area contributed by atoms with Crippen LogP contribution in [0.4, 0.5) is 0 Å². The van der Waals surface area contributed by atoms with Crippen molar-refractivity contribution in [1.29, 1.82) is 0 Å². The maximum Gasteiger partial charge on any atom is 0.253 e. The number of piperidine rings is 1. The van der Waals surface area contributed by atoms with Gasteiger partial charge in [0.2, 0.25) is 0 Å². The van der Waals surface area contributed by atoms with Crippen LogP contribution < -0.4 is 4.74 Å². The molecule has 2 aromatic carbocycles. The van der Waals surface area contributed by atoms with E-state index in [0.29, 0.717) is 12.1 Å². The van der Waals surface area contributed by atoms with E-state index in [2.05, 4.69) is 30.9 Å². The fourth-order valence-electron chi connectivity index (χ4n) is 5.00. The molecular weight excluding hydrogens is 384 g/mol. The predicted molar refractivity (Wildman–Crippen MR) is 127 cm³/mol. The van der Waals surface area contributed by atoms with Crippen molar-refractivity contribution in [2.24, 2.45) is 0 Å². The van der Waals surface area contributed by atoms with E-state index in [-0.39, 0.29) is 5.91 Å². The van der Waals surface area contributed by atoms with Gasteiger partial charge in [0.05, 0.1) is 6.61 Å². The summed E-state index contributed by atoms with van der Waals surface area (Å²) in [7, 11) is 0. The SMILES string of the molecule is C[C@@H]1CCC[C@H](C)N1CCCOc1ccc(-c2ccc(C(=O)N3CCCC3)cc2)cc1. The lowest BCUT2D eigenvalue weighted by atomic mass is 9.97. The number of rotatable bonds is 7. The second-order valence-corrected chi connectivity index (χ2v) is 9.17. The summed E-state index contributed by atoms with van der Waals surface area (Å²) in [5.41, 5.74) is 3.05. The number of ether oxygens (including phenoxy) is 1. The molecule has 2 aliphatic rings. The average Bonchev–Trinajstić information content (AvgIpc) is 3.33. The van der Waals surface area contributed by atoms with Crippen molar-refractivity contribution in [3.05, 3.63) is 54.1 Å². The Morgan fingerprint density at radius 1 is 0.871 bits per heavy atom. The molecule has 2 aromatic rings. The first-order valence-electron chi connectivity index (χ1n) is 12.0. The Hall–Kier alpha value is -2.33. The van der Waals surface area contributed by atoms with Crippen LogP contribution in [0.5, 0.6) is 5.75 Å². The summed E-state index contributed by atoms with van der Waals surface area (Å²) in [6.07, 6.45) is 7.30. The van der Waals surface area contributed by atoms with Gasteiger partial charge in [0.15, 0.2) is 0 Å². The van der Waals surface area contributed by atoms with E-state index in [9.17, 15) is 4.79 Å². The summed E-state index contributed by atoms with van der Waals surface area (Å²) in [5.74, 6) is 1.07. The lowest BCUT2D eigenvalue weighted by Gasteiger charge is -2.39. The summed E-state index contributed by atoms with van der Waals surface area (Å²) in [6.45, 7) is 8.34. The Kier molecular flexibility index (Phi) is 7.29. The van der Waals surface area contributed by atoms with E-state index in [1.807, 2.05) is 41.3 Å². The van der Waals surface area contributed by atoms with Gasteiger partial charge in [-0.2, -0.15) is 0 Å². The minimum absolute atomic E-state index is 0.154. The fourth-order valence-corrected chi connectivity index (χ4v) is 5.00. The van der Waals surface area contributed by atoms with Crippen LogP contribution >= 0.6 is 0 Å². The fraction of sp³-hybridized carbons (Fsp3) is 0.519. The Balaban J connectivity index is 1.26. The zero-order valence-corrected chi connectivity index (χ0v) is 19.1. The Labute approximate surface area is 187 Å². The highest BCUT2D eigenvalue weighted by Crippen LogP contribution is 2.25. The minimum Gasteiger partial charge on any atom is -0.494 e. The molecule has 0 unspecified atom stereocenters. The molecule has 0 aliphatic carbocycles. The molecule has 2 heterocycles. The highest BCUT2D eigenvalue weighted by atomic mass is 16.5. The van der Waals surface area contributed by atoms with Gasteiger partial charge in [-0.05, 0) is 81.3 Å². The summed E-state index contributed by atoms with van der Waals surface area (Å²) in [4.78, 5) is 17.1. The zero-order valence-electron chi connectivity index (χ0n) is 19.1. The molecular formula is C27H36N2O2. The second-order valence-electron chi connectivity index (χ2n) is 9.17. The van der Waals surface area contributed by atoms with Crippen LogP contribution in [0.15, 0.2) is 48.5 Å². The van der Waals surface area contributed by atoms with Gasteiger partial charge >= 0.3 is 0 Å². The maximum absolute atomic E-state index is 12.5. The van der Waals surface area contributed by atoms with Crippen molar-refractivity contribution >= 4 is 5.91 Å². The van der Waals surface area contributed by atoms with Gasteiger partial charge in [0.25, 0.3) is 5.91 Å². The minimum atomic E-state index is 0.154. The third-order valence-corrected chi connectivity index (χ3v) is 6.92. The van der Waals surface area contributed by atoms with Crippen molar-refractivity contribution in [2.45, 2.75) is 64.5 Å². The smallest absolute Gasteiger partial charge is 0.253 e. The Bertz CT molecular complexity index is 831. The molecule has 2 saturated heterocycles. The molecule has 0 saturated carbocycles. The van der Waals surface area contributed by atoms with Gasteiger partial charge in [0.1, 0.15) is 5.75 Å². The number of carbonyl (C=O) groups is 1. The largest absolute Gasteiger partial charge is 0.494 e. The van der Waals surface area contributed by atoms with Gasteiger partial charge in [-0.1, -0.05) is 30.7 Å². The number of nitrogens with zero attached hydrogens (tertiary/aromatic N) is 2. The number of benzene rings is 2. The van der Waals surface area contributed by atoms with Crippen molar-refractivity contribution < 1.29 is 9.53 Å². The number of hydrogen-bond donors (Lipinski definition) is 0. The quantitative estimate of drug-likeness (QED) is 0.545. The second kappa shape index (κ2) is 10.3. The van der Waals surface area contributed by atoms with Crippen LogP contribution in [-0.4, -0.2) is 54.0 Å². The van der Waals surface area contributed by atoms with Crippen molar-refractivity contribution in [2.75, 3.05) is 26.2 Å². The third kappa shape index (κ3) is 5.48. The molecule has 0 radical (unpaired) electrons. The van der Waals surface area contributed by atoms with Crippen molar-refractivity contribution in [3.8, 4) is 16.9 Å². The molecule has 0 bridgehead atoms. The van der Waals surface area contributed by atoms with Crippen LogP contribution in [-0.2, 0) is 0 Å². The van der Waals surface area contributed by atoms with E-state index in [1.54, 1.807) is 0 Å². The van der Waals surface area contributed by atoms with Gasteiger partial charge in [0, 0.05) is 37.3 Å². The number of amides is 1. The van der Waals surface area contributed by atoms with Gasteiger partial charge in [-0.25, -0.2) is 0 Å². The molecule has 4 heteroatoms. The average molecular weight is 421 g/mol. The molecule has 2 aliphatic heterocycles. The van der Waals surface area contributed by atoms with Crippen molar-refractivity contribution in [3.63, 3.8) is 0 Å². The normalized spacial score (nSPS) is 21.9. The van der Waals surface area contributed by atoms with E-state index < -0.39 is 0 Å². The standard InChI is InChI=1S/C27H36N2O2/c1-21-7-5-8-22(2)29(21)19-6-20-31-26-15-13-24(14-16-26)23-9-11-25(12-10-23)27(30)28-17-3-4-18-28/h9-16,21-22H,3-8,17-20H2,1-2H3/t21-,22+. The highest BCUT2D eigenvalue weighted by molar-refractivity contribution is 5.94. The summed E-state index contributed by atoms with van der Waals surface area (Å²) < 4.78 is 5.99. The van der Waals surface area contributed by atoms with E-state index in [0.717, 1.165) is 67.9 Å². The topological polar surface area (TPSA) is 32.8 Å². The zero-order chi connectivity index (χ0) is 21.6. The predicted octanol–water partition coefficient (Wildman–Crippen LogP) is 5.62. The lowest BCUT2D eigenvalue weighted by Crippen LogP contribution is -2.44. The van der Waals surface area contributed by atoms with Crippen LogP contribution in [0.1, 0.15) is 62.7 Å². The molecule has 4 nitrogen and oxygen atoms in total. The Morgan fingerprint density at radius 3 is 2.06 bits per heavy atom. The monoisotopic (exact) mass is 420 g/mol. The van der Waals surface area contributed by atoms with Gasteiger partial charge in [-0.3, -0.25) is 9.69 Å². The molecule has 2 fully saturated rings. The molecule has 166 valence electrons. The van der Waals surface area contributed by atoms with Crippen LogP contribution in [0.25, 0.3) is 11.1 Å². The van der Waals surface area contributed by atoms with E-state index >= 15 is 0 Å². The first-order valence-corrected chi connectivity index (χ1v) is 12.0. The first kappa shape index (κ1) is 21.9. The lowest BCUT2D eigenvalue weighted by molar-refractivity contribution is 0.0793. The molecule has 0 N–H and O–H groups in total. The summed E-state index contributed by atoms with van der Waals surface area (Å²) in [5, 5.41) is 0. The van der Waals surface area contributed by atoms with E-state index in [1.165, 1.54) is 19.3 Å². The molecule has 1 amide bonds. The summed E-state index contributed by atoms with van der Waals surface area (Å²) in [6, 6.07) is 17.7. The first-order chi connectivity index (χ1) is 15.1. The maximum atomic E-state index is 12.5. The Morgan fingerprint density at radius 2 is 1.45 bits per heavy atom. The number of hydrogen-bond acceptors (Lipinski definition) is 3. The molecule has 4 rings (SSSR count). The van der Waals surface area contributed by atoms with Gasteiger partial charge in [-0.15, -0.1) is 0 Å². The van der Waals surface area contributed by atoms with Crippen LogP contribution in [0.2, 0.25) is 0 Å².